The van der Waals surface area contributed by atoms with E-state index in [-0.39, 0.29) is 0 Å². The molecular formula is C18H26N4. The number of nitrogens with zero attached hydrogens (tertiary/aromatic N) is 3. The summed E-state index contributed by atoms with van der Waals surface area (Å²) in [6, 6.07) is 6.48. The Labute approximate surface area is 132 Å². The van der Waals surface area contributed by atoms with Gasteiger partial charge in [0.25, 0.3) is 0 Å². The van der Waals surface area contributed by atoms with Gasteiger partial charge in [0.1, 0.15) is 0 Å². The molecule has 0 saturated carbocycles. The van der Waals surface area contributed by atoms with Crippen molar-refractivity contribution in [3.63, 3.8) is 0 Å². The number of nitrogens with two attached hydrogens (primary N) is 1. The van der Waals surface area contributed by atoms with E-state index in [4.69, 9.17) is 5.73 Å². The van der Waals surface area contributed by atoms with Crippen LogP contribution in [0.3, 0.4) is 0 Å². The summed E-state index contributed by atoms with van der Waals surface area (Å²) in [5.74, 6) is 0.656. The van der Waals surface area contributed by atoms with Gasteiger partial charge in [-0.25, -0.2) is 4.68 Å². The number of aromatic nitrogens is 2. The number of piperidine rings is 1. The van der Waals surface area contributed by atoms with Crippen LogP contribution in [0.15, 0.2) is 30.6 Å². The smallest absolute Gasteiger partial charge is 0.0648 e. The quantitative estimate of drug-likeness (QED) is 0.944. The lowest BCUT2D eigenvalue weighted by molar-refractivity contribution is 0.171. The van der Waals surface area contributed by atoms with Crippen molar-refractivity contribution in [3.8, 4) is 5.69 Å². The fourth-order valence-electron chi connectivity index (χ4n) is 3.20. The van der Waals surface area contributed by atoms with Gasteiger partial charge in [-0.3, -0.25) is 4.90 Å². The maximum atomic E-state index is 5.82. The highest BCUT2D eigenvalue weighted by molar-refractivity contribution is 5.39. The van der Waals surface area contributed by atoms with E-state index in [0.717, 1.165) is 25.3 Å². The Morgan fingerprint density at radius 2 is 2.14 bits per heavy atom. The van der Waals surface area contributed by atoms with Crippen molar-refractivity contribution >= 4 is 0 Å². The first-order chi connectivity index (χ1) is 10.7. The van der Waals surface area contributed by atoms with Crippen molar-refractivity contribution in [1.82, 2.24) is 14.7 Å². The van der Waals surface area contributed by atoms with Gasteiger partial charge in [-0.2, -0.15) is 5.10 Å². The van der Waals surface area contributed by atoms with Gasteiger partial charge in [-0.05, 0) is 69.0 Å². The summed E-state index contributed by atoms with van der Waals surface area (Å²) < 4.78 is 1.98. The first kappa shape index (κ1) is 15.3. The molecule has 0 aliphatic carbocycles. The molecule has 1 aliphatic rings. The predicted octanol–water partition coefficient (Wildman–Crippen LogP) is 2.66. The van der Waals surface area contributed by atoms with Gasteiger partial charge in [0.2, 0.25) is 0 Å². The number of aryl methyl sites for hydroxylation is 2. The monoisotopic (exact) mass is 298 g/mol. The Morgan fingerprint density at radius 3 is 2.91 bits per heavy atom. The molecular weight excluding hydrogens is 272 g/mol. The van der Waals surface area contributed by atoms with Crippen molar-refractivity contribution < 1.29 is 0 Å². The molecule has 1 atom stereocenters. The van der Waals surface area contributed by atoms with Gasteiger partial charge >= 0.3 is 0 Å². The predicted molar refractivity (Wildman–Crippen MR) is 90.1 cm³/mol. The molecule has 1 aromatic carbocycles. The molecule has 2 heterocycles. The molecule has 4 heteroatoms. The average molecular weight is 298 g/mol. The number of benzene rings is 1. The Morgan fingerprint density at radius 1 is 1.27 bits per heavy atom. The Hall–Kier alpha value is -1.65. The molecule has 0 radical (unpaired) electrons. The van der Waals surface area contributed by atoms with Crippen LogP contribution in [0.2, 0.25) is 0 Å². The average Bonchev–Trinajstić information content (AvgIpc) is 2.98. The van der Waals surface area contributed by atoms with Crippen molar-refractivity contribution in [3.05, 3.63) is 47.3 Å². The van der Waals surface area contributed by atoms with Crippen LogP contribution in [0, 0.1) is 19.8 Å². The summed E-state index contributed by atoms with van der Waals surface area (Å²) in [7, 11) is 0. The fraction of sp³-hybridized carbons (Fsp3) is 0.500. The third-order valence-corrected chi connectivity index (χ3v) is 4.73. The molecule has 22 heavy (non-hydrogen) atoms. The molecule has 1 aliphatic heterocycles. The van der Waals surface area contributed by atoms with Crippen LogP contribution in [0.5, 0.6) is 0 Å². The number of likely N-dealkylation sites (tertiary alicyclic amines) is 1. The number of rotatable bonds is 4. The molecule has 1 saturated heterocycles. The second-order valence-corrected chi connectivity index (χ2v) is 6.54. The highest BCUT2D eigenvalue weighted by Crippen LogP contribution is 2.19. The van der Waals surface area contributed by atoms with Gasteiger partial charge in [0, 0.05) is 24.8 Å². The topological polar surface area (TPSA) is 47.1 Å². The summed E-state index contributed by atoms with van der Waals surface area (Å²) in [5, 5.41) is 4.53. The summed E-state index contributed by atoms with van der Waals surface area (Å²) in [6.07, 6.45) is 6.67. The van der Waals surface area contributed by atoms with Crippen LogP contribution in [0.25, 0.3) is 5.69 Å². The minimum Gasteiger partial charge on any atom is -0.330 e. The first-order valence-corrected chi connectivity index (χ1v) is 8.19. The molecule has 118 valence electrons. The second kappa shape index (κ2) is 6.63. The zero-order chi connectivity index (χ0) is 15.5. The van der Waals surface area contributed by atoms with Crippen molar-refractivity contribution in [2.45, 2.75) is 33.2 Å². The van der Waals surface area contributed by atoms with Crippen molar-refractivity contribution in [2.24, 2.45) is 11.7 Å². The SMILES string of the molecule is Cc1ccc(-n2cc(CN3CCC[C@@H](CN)C3)cn2)cc1C. The molecule has 0 bridgehead atoms. The minimum absolute atomic E-state index is 0.656. The fourth-order valence-corrected chi connectivity index (χ4v) is 3.20. The normalized spacial score (nSPS) is 19.5. The zero-order valence-corrected chi connectivity index (χ0v) is 13.6. The molecule has 2 N–H and O–H groups in total. The Balaban J connectivity index is 1.69. The maximum Gasteiger partial charge on any atom is 0.0648 e. The molecule has 3 rings (SSSR count). The van der Waals surface area contributed by atoms with Crippen molar-refractivity contribution in [1.29, 1.82) is 0 Å². The number of hydrogen-bond donors (Lipinski definition) is 1. The lowest BCUT2D eigenvalue weighted by atomic mass is 9.98. The van der Waals surface area contributed by atoms with Crippen LogP contribution >= 0.6 is 0 Å². The van der Waals surface area contributed by atoms with E-state index < -0.39 is 0 Å². The minimum atomic E-state index is 0.656. The Kier molecular flexibility index (Phi) is 4.60. The summed E-state index contributed by atoms with van der Waals surface area (Å²) >= 11 is 0. The number of hydrogen-bond acceptors (Lipinski definition) is 3. The van der Waals surface area contributed by atoms with Crippen molar-refractivity contribution in [2.75, 3.05) is 19.6 Å². The lowest BCUT2D eigenvalue weighted by Gasteiger charge is -2.31. The Bertz CT molecular complexity index is 632. The molecule has 2 aromatic rings. The van der Waals surface area contributed by atoms with Gasteiger partial charge < -0.3 is 5.73 Å². The van der Waals surface area contributed by atoms with E-state index in [1.165, 1.54) is 36.1 Å². The van der Waals surface area contributed by atoms with Crippen LogP contribution in [0.4, 0.5) is 0 Å². The highest BCUT2D eigenvalue weighted by Gasteiger charge is 2.19. The van der Waals surface area contributed by atoms with Crippen LogP contribution in [-0.4, -0.2) is 34.3 Å². The van der Waals surface area contributed by atoms with Gasteiger partial charge in [0.05, 0.1) is 11.9 Å². The van der Waals surface area contributed by atoms with E-state index in [0.29, 0.717) is 5.92 Å². The zero-order valence-electron chi connectivity index (χ0n) is 13.6. The lowest BCUT2D eigenvalue weighted by Crippen LogP contribution is -2.37. The largest absolute Gasteiger partial charge is 0.330 e. The highest BCUT2D eigenvalue weighted by atomic mass is 15.3. The standard InChI is InChI=1S/C18H26N4/c1-14-5-6-18(8-15(14)2)22-13-17(10-20-22)12-21-7-3-4-16(9-19)11-21/h5-6,8,10,13,16H,3-4,7,9,11-12,19H2,1-2H3/t16-/m0/s1. The van der Waals surface area contributed by atoms with Crippen LogP contribution in [-0.2, 0) is 6.54 Å². The first-order valence-electron chi connectivity index (χ1n) is 8.19. The third-order valence-electron chi connectivity index (χ3n) is 4.73. The van der Waals surface area contributed by atoms with Gasteiger partial charge in [0.15, 0.2) is 0 Å². The van der Waals surface area contributed by atoms with E-state index in [1.54, 1.807) is 0 Å². The second-order valence-electron chi connectivity index (χ2n) is 6.54. The van der Waals surface area contributed by atoms with Gasteiger partial charge in [-0.15, -0.1) is 0 Å². The molecule has 1 aromatic heterocycles. The summed E-state index contributed by atoms with van der Waals surface area (Å²) in [5.41, 5.74) is 10.8. The summed E-state index contributed by atoms with van der Waals surface area (Å²) in [6.45, 7) is 8.35. The molecule has 0 unspecified atom stereocenters. The summed E-state index contributed by atoms with van der Waals surface area (Å²) in [4.78, 5) is 2.50. The molecule has 4 nitrogen and oxygen atoms in total. The molecule has 1 fully saturated rings. The van der Waals surface area contributed by atoms with Gasteiger partial charge in [-0.1, -0.05) is 6.07 Å². The van der Waals surface area contributed by atoms with E-state index >= 15 is 0 Å². The third kappa shape index (κ3) is 3.39. The van der Waals surface area contributed by atoms with E-state index in [1.807, 2.05) is 10.9 Å². The van der Waals surface area contributed by atoms with Crippen LogP contribution in [0.1, 0.15) is 29.5 Å². The molecule has 0 amide bonds. The maximum absolute atomic E-state index is 5.82. The van der Waals surface area contributed by atoms with E-state index in [9.17, 15) is 0 Å². The van der Waals surface area contributed by atoms with Crippen LogP contribution < -0.4 is 5.73 Å². The van der Waals surface area contributed by atoms with E-state index in [2.05, 4.69) is 48.2 Å². The molecule has 0 spiro atoms.